The molecule has 30 heavy (non-hydrogen) atoms. The smallest absolute Gasteiger partial charge is 0.298 e. The van der Waals surface area contributed by atoms with Gasteiger partial charge in [-0.2, -0.15) is 5.10 Å². The molecule has 2 aliphatic heterocycles. The van der Waals surface area contributed by atoms with E-state index < -0.39 is 11.1 Å². The Balaban J connectivity index is 1.36. The van der Waals surface area contributed by atoms with Crippen molar-refractivity contribution in [1.82, 2.24) is 24.2 Å². The maximum atomic E-state index is 12.8. The van der Waals surface area contributed by atoms with Gasteiger partial charge in [0.15, 0.2) is 0 Å². The third-order valence-corrected chi connectivity index (χ3v) is 7.04. The lowest BCUT2D eigenvalue weighted by Crippen LogP contribution is -2.43. The molecule has 1 aromatic carbocycles. The molecule has 0 saturated carbocycles. The quantitative estimate of drug-likeness (QED) is 0.600. The second kappa shape index (κ2) is 7.28. The fourth-order valence-corrected chi connectivity index (χ4v) is 5.45. The zero-order valence-corrected chi connectivity index (χ0v) is 18.1. The van der Waals surface area contributed by atoms with E-state index in [0.717, 1.165) is 49.0 Å². The molecule has 0 aliphatic carbocycles. The monoisotopic (exact) mass is 423 g/mol. The second-order valence-corrected chi connectivity index (χ2v) is 9.82. The van der Waals surface area contributed by atoms with Gasteiger partial charge >= 0.3 is 11.1 Å². The molecule has 0 amide bonds. The SMILES string of the molecule is Cc1cccc(CN2CCC3(Cc4nn(Cc5csc(C)n5)c(=O)c(=O)n4C3)C2)c1. The van der Waals surface area contributed by atoms with Crippen molar-refractivity contribution in [3.8, 4) is 0 Å². The highest BCUT2D eigenvalue weighted by Crippen LogP contribution is 2.39. The van der Waals surface area contributed by atoms with Gasteiger partial charge in [0, 0.05) is 36.9 Å². The molecule has 1 fully saturated rings. The lowest BCUT2D eigenvalue weighted by molar-refractivity contribution is 0.246. The van der Waals surface area contributed by atoms with E-state index in [4.69, 9.17) is 0 Å². The standard InChI is InChI=1S/C22H25N5O2S/c1-15-4-3-5-17(8-15)10-25-7-6-22(13-25)9-19-24-27(11-18-12-30-16(2)23-18)21(29)20(28)26(19)14-22/h3-5,8,12H,6-7,9-11,13-14H2,1-2H3. The largest absolute Gasteiger partial charge is 0.332 e. The van der Waals surface area contributed by atoms with Gasteiger partial charge in [-0.3, -0.25) is 19.1 Å². The first kappa shape index (κ1) is 19.4. The number of nitrogens with zero attached hydrogens (tertiary/aromatic N) is 5. The number of benzene rings is 1. The molecule has 1 spiro atoms. The summed E-state index contributed by atoms with van der Waals surface area (Å²) in [5.74, 6) is 0.726. The van der Waals surface area contributed by atoms with Crippen molar-refractivity contribution in [2.24, 2.45) is 5.41 Å². The summed E-state index contributed by atoms with van der Waals surface area (Å²) in [5.41, 5.74) is 2.34. The van der Waals surface area contributed by atoms with E-state index in [1.54, 1.807) is 4.57 Å². The molecule has 7 nitrogen and oxygen atoms in total. The molecule has 1 saturated heterocycles. The highest BCUT2D eigenvalue weighted by atomic mass is 32.1. The molecule has 2 aliphatic rings. The molecule has 3 aromatic rings. The predicted molar refractivity (Wildman–Crippen MR) is 116 cm³/mol. The molecule has 0 radical (unpaired) electrons. The van der Waals surface area contributed by atoms with Crippen LogP contribution in [-0.2, 0) is 26.1 Å². The number of aromatic nitrogens is 4. The molecular weight excluding hydrogens is 398 g/mol. The lowest BCUT2D eigenvalue weighted by Gasteiger charge is -2.22. The number of thiazole rings is 1. The summed E-state index contributed by atoms with van der Waals surface area (Å²) < 4.78 is 2.91. The van der Waals surface area contributed by atoms with Gasteiger partial charge in [0.25, 0.3) is 0 Å². The van der Waals surface area contributed by atoms with Crippen LogP contribution in [0.25, 0.3) is 0 Å². The van der Waals surface area contributed by atoms with Crippen LogP contribution in [0, 0.1) is 19.3 Å². The third-order valence-electron chi connectivity index (χ3n) is 6.22. The highest BCUT2D eigenvalue weighted by Gasteiger charge is 2.44. The van der Waals surface area contributed by atoms with Gasteiger partial charge in [0.05, 0.1) is 17.2 Å². The molecule has 156 valence electrons. The second-order valence-electron chi connectivity index (χ2n) is 8.75. The van der Waals surface area contributed by atoms with Crippen LogP contribution in [0.3, 0.4) is 0 Å². The lowest BCUT2D eigenvalue weighted by atomic mass is 9.86. The van der Waals surface area contributed by atoms with Crippen molar-refractivity contribution in [3.05, 3.63) is 78.0 Å². The average molecular weight is 424 g/mol. The Labute approximate surface area is 178 Å². The molecule has 2 aromatic heterocycles. The van der Waals surface area contributed by atoms with Crippen molar-refractivity contribution in [2.75, 3.05) is 13.1 Å². The number of likely N-dealkylation sites (tertiary alicyclic amines) is 1. The van der Waals surface area contributed by atoms with Crippen LogP contribution in [0.4, 0.5) is 0 Å². The van der Waals surface area contributed by atoms with Gasteiger partial charge in [-0.25, -0.2) is 9.67 Å². The van der Waals surface area contributed by atoms with Crippen LogP contribution in [-0.4, -0.2) is 37.3 Å². The van der Waals surface area contributed by atoms with E-state index >= 15 is 0 Å². The molecule has 0 N–H and O–H groups in total. The predicted octanol–water partition coefficient (Wildman–Crippen LogP) is 1.98. The Morgan fingerprint density at radius 3 is 2.77 bits per heavy atom. The van der Waals surface area contributed by atoms with E-state index in [1.807, 2.05) is 12.3 Å². The maximum absolute atomic E-state index is 12.8. The first-order valence-corrected chi connectivity index (χ1v) is 11.2. The summed E-state index contributed by atoms with van der Waals surface area (Å²) in [5, 5.41) is 7.42. The summed E-state index contributed by atoms with van der Waals surface area (Å²) in [6.45, 7) is 7.71. The highest BCUT2D eigenvalue weighted by molar-refractivity contribution is 7.09. The zero-order chi connectivity index (χ0) is 20.9. The fourth-order valence-electron chi connectivity index (χ4n) is 4.85. The van der Waals surface area contributed by atoms with E-state index in [2.05, 4.69) is 46.2 Å². The first-order chi connectivity index (χ1) is 14.4. The number of fused-ring (bicyclic) bond motifs is 1. The van der Waals surface area contributed by atoms with E-state index in [-0.39, 0.29) is 12.0 Å². The normalized spacial score (nSPS) is 20.9. The van der Waals surface area contributed by atoms with Crippen molar-refractivity contribution >= 4 is 11.3 Å². The van der Waals surface area contributed by atoms with Gasteiger partial charge in [0.1, 0.15) is 5.82 Å². The van der Waals surface area contributed by atoms with Crippen LogP contribution in [0.15, 0.2) is 39.2 Å². The number of aryl methyl sites for hydroxylation is 2. The Hall–Kier alpha value is -2.58. The zero-order valence-electron chi connectivity index (χ0n) is 17.3. The Morgan fingerprint density at radius 2 is 2.00 bits per heavy atom. The summed E-state index contributed by atoms with van der Waals surface area (Å²) in [6.07, 6.45) is 1.75. The molecule has 0 bridgehead atoms. The van der Waals surface area contributed by atoms with Crippen LogP contribution in [0.5, 0.6) is 0 Å². The summed E-state index contributed by atoms with van der Waals surface area (Å²) >= 11 is 1.53. The minimum Gasteiger partial charge on any atom is -0.298 e. The molecule has 1 unspecified atom stereocenters. The van der Waals surface area contributed by atoms with E-state index in [9.17, 15) is 9.59 Å². The van der Waals surface area contributed by atoms with E-state index in [1.165, 1.54) is 27.1 Å². The Morgan fingerprint density at radius 1 is 1.13 bits per heavy atom. The topological polar surface area (TPSA) is 73.0 Å². The van der Waals surface area contributed by atoms with Gasteiger partial charge in [0.2, 0.25) is 0 Å². The summed E-state index contributed by atoms with van der Waals surface area (Å²) in [6, 6.07) is 8.61. The molecule has 5 rings (SSSR count). The number of hydrogen-bond acceptors (Lipinski definition) is 6. The minimum atomic E-state index is -0.559. The van der Waals surface area contributed by atoms with Crippen LogP contribution in [0.2, 0.25) is 0 Å². The molecule has 4 heterocycles. The van der Waals surface area contributed by atoms with Crippen molar-refractivity contribution in [1.29, 1.82) is 0 Å². The first-order valence-electron chi connectivity index (χ1n) is 10.3. The molecule has 1 atom stereocenters. The fraction of sp³-hybridized carbons (Fsp3) is 0.455. The minimum absolute atomic E-state index is 0.00811. The average Bonchev–Trinajstić information content (AvgIpc) is 3.39. The van der Waals surface area contributed by atoms with Crippen molar-refractivity contribution in [2.45, 2.75) is 46.3 Å². The van der Waals surface area contributed by atoms with Crippen molar-refractivity contribution < 1.29 is 0 Å². The van der Waals surface area contributed by atoms with Gasteiger partial charge in [-0.05, 0) is 32.4 Å². The maximum Gasteiger partial charge on any atom is 0.332 e. The van der Waals surface area contributed by atoms with E-state index in [0.29, 0.717) is 6.54 Å². The number of hydrogen-bond donors (Lipinski definition) is 0. The van der Waals surface area contributed by atoms with Crippen molar-refractivity contribution in [3.63, 3.8) is 0 Å². The van der Waals surface area contributed by atoms with Gasteiger partial charge < -0.3 is 0 Å². The van der Waals surface area contributed by atoms with Gasteiger partial charge in [-0.1, -0.05) is 29.8 Å². The molecular formula is C22H25N5O2S. The Bertz CT molecular complexity index is 1230. The molecule has 8 heteroatoms. The summed E-state index contributed by atoms with van der Waals surface area (Å²) in [7, 11) is 0. The van der Waals surface area contributed by atoms with Crippen LogP contribution >= 0.6 is 11.3 Å². The van der Waals surface area contributed by atoms with Crippen LogP contribution in [0.1, 0.15) is 34.1 Å². The van der Waals surface area contributed by atoms with Crippen LogP contribution < -0.4 is 11.1 Å². The number of rotatable bonds is 4. The Kier molecular flexibility index (Phi) is 4.71. The van der Waals surface area contributed by atoms with Gasteiger partial charge in [-0.15, -0.1) is 11.3 Å². The summed E-state index contributed by atoms with van der Waals surface area (Å²) in [4.78, 5) is 32.3. The third kappa shape index (κ3) is 3.54.